The van der Waals surface area contributed by atoms with E-state index < -0.39 is 11.0 Å². The Bertz CT molecular complexity index is 420. The van der Waals surface area contributed by atoms with Crippen LogP contribution in [0, 0.1) is 11.0 Å². The van der Waals surface area contributed by atoms with E-state index in [0.717, 1.165) is 31.4 Å². The maximum atomic E-state index is 13.1. The van der Waals surface area contributed by atoms with Crippen LogP contribution in [0.2, 0.25) is 0 Å². The van der Waals surface area contributed by atoms with Crippen LogP contribution in [0.25, 0.3) is 0 Å². The van der Waals surface area contributed by atoms with E-state index in [4.69, 9.17) is 9.94 Å². The average molecular weight is 239 g/mol. The van der Waals surface area contributed by atoms with Crippen LogP contribution < -0.4 is 9.96 Å². The molecule has 2 N–H and O–H groups in total. The molecule has 0 radical (unpaired) electrons. The summed E-state index contributed by atoms with van der Waals surface area (Å²) in [5.74, 6) is -0.404. The van der Waals surface area contributed by atoms with E-state index in [-0.39, 0.29) is 17.5 Å². The van der Waals surface area contributed by atoms with Crippen LogP contribution in [0.3, 0.4) is 0 Å². The zero-order chi connectivity index (χ0) is 12.3. The molecule has 1 aromatic rings. The van der Waals surface area contributed by atoms with Crippen molar-refractivity contribution in [1.82, 2.24) is 0 Å². The molecule has 2 rings (SSSR count). The summed E-state index contributed by atoms with van der Waals surface area (Å²) in [6, 6.07) is 3.46. The highest BCUT2D eigenvalue weighted by Gasteiger charge is 2.16. The normalized spacial score (nSPS) is 21.2. The minimum atomic E-state index is -1.11. The Morgan fingerprint density at radius 3 is 2.94 bits per heavy atom. The highest BCUT2D eigenvalue weighted by molar-refractivity contribution is 5.46. The van der Waals surface area contributed by atoms with Crippen LogP contribution in [-0.2, 0) is 0 Å². The van der Waals surface area contributed by atoms with Crippen LogP contribution in [0.1, 0.15) is 19.3 Å². The van der Waals surface area contributed by atoms with Gasteiger partial charge in [0.15, 0.2) is 5.75 Å². The number of ether oxygens (including phenoxy) is 1. The largest absolute Gasteiger partial charge is 0.595 e. The van der Waals surface area contributed by atoms with Crippen molar-refractivity contribution in [3.05, 3.63) is 41.4 Å². The molecule has 1 aromatic carbocycles. The van der Waals surface area contributed by atoms with Gasteiger partial charge in [-0.3, -0.25) is 0 Å². The molecule has 0 spiro atoms. The summed E-state index contributed by atoms with van der Waals surface area (Å²) in [6.45, 7) is 0. The lowest BCUT2D eigenvalue weighted by atomic mass is 10.1. The van der Waals surface area contributed by atoms with Crippen LogP contribution >= 0.6 is 0 Å². The summed E-state index contributed by atoms with van der Waals surface area (Å²) in [4.78, 5) is 0. The molecule has 5 heteroatoms. The van der Waals surface area contributed by atoms with Gasteiger partial charge in [-0.1, -0.05) is 6.08 Å². The Morgan fingerprint density at radius 2 is 2.29 bits per heavy atom. The first-order chi connectivity index (χ1) is 8.16. The van der Waals surface area contributed by atoms with E-state index in [1.54, 1.807) is 0 Å². The lowest BCUT2D eigenvalue weighted by molar-refractivity contribution is -0.991. The smallest absolute Gasteiger partial charge is 0.206 e. The molecule has 0 amide bonds. The van der Waals surface area contributed by atoms with Gasteiger partial charge < -0.3 is 9.94 Å². The molecular formula is C12H14FNO3. The molecule has 92 valence electrons. The minimum Gasteiger partial charge on any atom is -0.595 e. The van der Waals surface area contributed by atoms with Crippen LogP contribution in [0.15, 0.2) is 30.4 Å². The number of nitrogens with one attached hydrogen (secondary N) is 1. The maximum absolute atomic E-state index is 13.1. The van der Waals surface area contributed by atoms with Gasteiger partial charge in [0.25, 0.3) is 0 Å². The van der Waals surface area contributed by atoms with E-state index in [9.17, 15) is 9.60 Å². The van der Waals surface area contributed by atoms with Gasteiger partial charge in [0, 0.05) is 12.1 Å². The topological polar surface area (TPSA) is 57.0 Å². The molecule has 0 bridgehead atoms. The third-order valence-corrected chi connectivity index (χ3v) is 2.66. The van der Waals surface area contributed by atoms with E-state index >= 15 is 0 Å². The Hall–Kier alpha value is -1.43. The second-order valence-corrected chi connectivity index (χ2v) is 3.96. The van der Waals surface area contributed by atoms with Crippen molar-refractivity contribution >= 4 is 5.69 Å². The van der Waals surface area contributed by atoms with Gasteiger partial charge in [-0.2, -0.15) is 5.23 Å². The highest BCUT2D eigenvalue weighted by atomic mass is 19.1. The second kappa shape index (κ2) is 5.27. The number of hydrogen-bond donors (Lipinski definition) is 2. The van der Waals surface area contributed by atoms with Crippen molar-refractivity contribution in [3.63, 3.8) is 0 Å². The monoisotopic (exact) mass is 239 g/mol. The third-order valence-electron chi connectivity index (χ3n) is 2.66. The number of benzene rings is 1. The maximum Gasteiger partial charge on any atom is 0.206 e. The van der Waals surface area contributed by atoms with Gasteiger partial charge in [-0.25, -0.2) is 9.60 Å². The minimum absolute atomic E-state index is 0.00891. The molecule has 1 aliphatic carbocycles. The molecular weight excluding hydrogens is 225 g/mol. The molecule has 0 heterocycles. The van der Waals surface area contributed by atoms with Gasteiger partial charge in [0.2, 0.25) is 5.69 Å². The van der Waals surface area contributed by atoms with Crippen LogP contribution in [0.5, 0.6) is 5.75 Å². The Labute approximate surface area is 98.5 Å². The number of rotatable bonds is 3. The zero-order valence-corrected chi connectivity index (χ0v) is 9.23. The van der Waals surface area contributed by atoms with Gasteiger partial charge in [0.1, 0.15) is 11.9 Å². The van der Waals surface area contributed by atoms with E-state index in [2.05, 4.69) is 0 Å². The van der Waals surface area contributed by atoms with E-state index in [1.807, 2.05) is 12.2 Å². The fraction of sp³-hybridized carbons (Fsp3) is 0.333. The molecule has 0 fully saturated rings. The zero-order valence-electron chi connectivity index (χ0n) is 9.23. The first kappa shape index (κ1) is 12.0. The average Bonchev–Trinajstić information content (AvgIpc) is 2.30. The Morgan fingerprint density at radius 1 is 1.47 bits per heavy atom. The number of halogens is 1. The van der Waals surface area contributed by atoms with E-state index in [0.29, 0.717) is 0 Å². The number of hydrogen-bond acceptors (Lipinski definition) is 3. The van der Waals surface area contributed by atoms with Crippen molar-refractivity contribution in [2.75, 3.05) is 0 Å². The predicted molar refractivity (Wildman–Crippen MR) is 59.6 cm³/mol. The van der Waals surface area contributed by atoms with Gasteiger partial charge in [-0.15, -0.1) is 0 Å². The molecule has 0 saturated carbocycles. The fourth-order valence-corrected chi connectivity index (χ4v) is 1.81. The molecule has 1 aliphatic rings. The van der Waals surface area contributed by atoms with Gasteiger partial charge in [-0.05, 0) is 31.4 Å². The molecule has 0 aromatic heterocycles. The molecule has 0 saturated heterocycles. The fourth-order valence-electron chi connectivity index (χ4n) is 1.81. The summed E-state index contributed by atoms with van der Waals surface area (Å²) >= 11 is 0. The summed E-state index contributed by atoms with van der Waals surface area (Å²) < 4.78 is 18.6. The molecule has 4 nitrogen and oxygen atoms in total. The Balaban J connectivity index is 2.20. The van der Waals surface area contributed by atoms with Crippen molar-refractivity contribution in [1.29, 1.82) is 0 Å². The first-order valence-corrected chi connectivity index (χ1v) is 5.53. The first-order valence-electron chi connectivity index (χ1n) is 5.53. The highest BCUT2D eigenvalue weighted by Crippen LogP contribution is 2.25. The molecule has 2 unspecified atom stereocenters. The quantitative estimate of drug-likeness (QED) is 0.623. The molecule has 17 heavy (non-hydrogen) atoms. The number of allylic oxidation sites excluding steroid dienone is 1. The standard InChI is InChI=1S/C12H14FNO3/c13-9-6-7-11(14(15)16)12(8-9)17-10-4-2-1-3-5-10/h2,4,6-8,10,14-15H,1,3,5H2. The number of quaternary nitrogens is 1. The predicted octanol–water partition coefficient (Wildman–Crippen LogP) is 1.72. The SMILES string of the molecule is [O-][NH+](O)c1ccc(F)cc1OC1C=CCCC1. The van der Waals surface area contributed by atoms with Gasteiger partial charge >= 0.3 is 0 Å². The van der Waals surface area contributed by atoms with Crippen LogP contribution in [0.4, 0.5) is 10.1 Å². The second-order valence-electron chi connectivity index (χ2n) is 3.96. The summed E-state index contributed by atoms with van der Waals surface area (Å²) in [5.41, 5.74) is -0.00891. The summed E-state index contributed by atoms with van der Waals surface area (Å²) in [6.07, 6.45) is 6.55. The Kier molecular flexibility index (Phi) is 3.73. The van der Waals surface area contributed by atoms with Gasteiger partial charge in [0.05, 0.1) is 0 Å². The van der Waals surface area contributed by atoms with Crippen molar-refractivity contribution < 1.29 is 19.6 Å². The lowest BCUT2D eigenvalue weighted by Gasteiger charge is -2.21. The van der Waals surface area contributed by atoms with E-state index in [1.165, 1.54) is 6.07 Å². The van der Waals surface area contributed by atoms with Crippen molar-refractivity contribution in [3.8, 4) is 5.75 Å². The van der Waals surface area contributed by atoms with Crippen molar-refractivity contribution in [2.24, 2.45) is 0 Å². The van der Waals surface area contributed by atoms with Crippen LogP contribution in [-0.4, -0.2) is 11.3 Å². The third kappa shape index (κ3) is 3.03. The van der Waals surface area contributed by atoms with Crippen molar-refractivity contribution in [2.45, 2.75) is 25.4 Å². The lowest BCUT2D eigenvalue weighted by Crippen LogP contribution is -2.99. The summed E-state index contributed by atoms with van der Waals surface area (Å²) in [5, 5.41) is 18.8. The summed E-state index contributed by atoms with van der Waals surface area (Å²) in [7, 11) is 0. The molecule has 0 aliphatic heterocycles. The molecule has 2 atom stereocenters.